The molecule has 2 N–H and O–H groups in total. The number of likely N-dealkylation sites (tertiary alicyclic amines) is 1. The lowest BCUT2D eigenvalue weighted by Gasteiger charge is -2.32. The number of piperidine rings is 1. The van der Waals surface area contributed by atoms with Crippen LogP contribution in [-0.4, -0.2) is 30.1 Å². The van der Waals surface area contributed by atoms with Gasteiger partial charge in [0.05, 0.1) is 0 Å². The second-order valence-electron chi connectivity index (χ2n) is 6.45. The highest BCUT2D eigenvalue weighted by atomic mass is 19.1. The Morgan fingerprint density at radius 2 is 1.72 bits per heavy atom. The Morgan fingerprint density at radius 1 is 1.04 bits per heavy atom. The van der Waals surface area contributed by atoms with Gasteiger partial charge in [-0.1, -0.05) is 48.5 Å². The van der Waals surface area contributed by atoms with Gasteiger partial charge in [0.15, 0.2) is 0 Å². The first-order chi connectivity index (χ1) is 12.2. The van der Waals surface area contributed by atoms with Crippen LogP contribution in [0.5, 0.6) is 0 Å². The van der Waals surface area contributed by atoms with Crippen molar-refractivity contribution in [3.8, 4) is 0 Å². The van der Waals surface area contributed by atoms with Crippen LogP contribution in [0.4, 0.5) is 9.18 Å². The number of amides is 2. The zero-order chi connectivity index (χ0) is 17.5. The first-order valence-corrected chi connectivity index (χ1v) is 8.75. The third-order valence-electron chi connectivity index (χ3n) is 4.57. The Bertz CT molecular complexity index is 684. The summed E-state index contributed by atoms with van der Waals surface area (Å²) in [4.78, 5) is 14.4. The molecule has 4 nitrogen and oxygen atoms in total. The van der Waals surface area contributed by atoms with Crippen LogP contribution in [0.25, 0.3) is 0 Å². The van der Waals surface area contributed by atoms with Crippen LogP contribution in [0, 0.1) is 5.82 Å². The highest BCUT2D eigenvalue weighted by Gasteiger charge is 2.20. The summed E-state index contributed by atoms with van der Waals surface area (Å²) < 4.78 is 13.5. The zero-order valence-corrected chi connectivity index (χ0v) is 14.2. The van der Waals surface area contributed by atoms with E-state index in [-0.39, 0.29) is 24.4 Å². The van der Waals surface area contributed by atoms with Gasteiger partial charge in [-0.2, -0.15) is 0 Å². The highest BCUT2D eigenvalue weighted by molar-refractivity contribution is 5.74. The molecule has 0 aromatic heterocycles. The summed E-state index contributed by atoms with van der Waals surface area (Å²) in [7, 11) is 0. The molecule has 0 unspecified atom stereocenters. The number of rotatable bonds is 5. The Kier molecular flexibility index (Phi) is 6.01. The molecule has 1 fully saturated rings. The maximum Gasteiger partial charge on any atom is 0.315 e. The average Bonchev–Trinajstić information content (AvgIpc) is 2.64. The Hall–Kier alpha value is -2.40. The number of carbonyl (C=O) groups excluding carboxylic acids is 1. The lowest BCUT2D eigenvalue weighted by molar-refractivity contribution is 0.186. The number of halogens is 1. The Balaban J connectivity index is 1.38. The van der Waals surface area contributed by atoms with E-state index in [2.05, 4.69) is 39.8 Å². The molecule has 2 aromatic carbocycles. The van der Waals surface area contributed by atoms with Crippen LogP contribution in [0.3, 0.4) is 0 Å². The number of benzene rings is 2. The zero-order valence-electron chi connectivity index (χ0n) is 14.2. The molecule has 5 heteroatoms. The van der Waals surface area contributed by atoms with E-state index in [1.165, 1.54) is 11.6 Å². The molecule has 1 aliphatic heterocycles. The van der Waals surface area contributed by atoms with Crippen molar-refractivity contribution >= 4 is 6.03 Å². The van der Waals surface area contributed by atoms with Crippen molar-refractivity contribution in [2.24, 2.45) is 0 Å². The molecule has 2 aromatic rings. The average molecular weight is 341 g/mol. The minimum absolute atomic E-state index is 0.174. The third kappa shape index (κ3) is 5.29. The van der Waals surface area contributed by atoms with Gasteiger partial charge in [-0.05, 0) is 24.5 Å². The van der Waals surface area contributed by atoms with Gasteiger partial charge in [-0.25, -0.2) is 9.18 Å². The van der Waals surface area contributed by atoms with Gasteiger partial charge in [0.1, 0.15) is 5.82 Å². The van der Waals surface area contributed by atoms with Crippen LogP contribution < -0.4 is 10.6 Å². The summed E-state index contributed by atoms with van der Waals surface area (Å²) >= 11 is 0. The fourth-order valence-electron chi connectivity index (χ4n) is 3.13. The fraction of sp³-hybridized carbons (Fsp3) is 0.350. The van der Waals surface area contributed by atoms with Gasteiger partial charge < -0.3 is 10.6 Å². The summed E-state index contributed by atoms with van der Waals surface area (Å²) in [6.45, 7) is 3.08. The summed E-state index contributed by atoms with van der Waals surface area (Å²) in [6, 6.07) is 16.9. The predicted molar refractivity (Wildman–Crippen MR) is 96.5 cm³/mol. The molecule has 0 saturated carbocycles. The second kappa shape index (κ2) is 8.62. The Morgan fingerprint density at radius 3 is 2.44 bits per heavy atom. The minimum Gasteiger partial charge on any atom is -0.335 e. The quantitative estimate of drug-likeness (QED) is 0.876. The van der Waals surface area contributed by atoms with Gasteiger partial charge >= 0.3 is 6.03 Å². The SMILES string of the molecule is O=C(NCc1ccccc1F)NC1CCN(Cc2ccccc2)CC1. The monoisotopic (exact) mass is 341 g/mol. The number of nitrogens with zero attached hydrogens (tertiary/aromatic N) is 1. The van der Waals surface area contributed by atoms with Crippen molar-refractivity contribution in [3.63, 3.8) is 0 Å². The molecule has 0 spiro atoms. The van der Waals surface area contributed by atoms with E-state index in [0.717, 1.165) is 32.5 Å². The van der Waals surface area contributed by atoms with Gasteiger partial charge in [-0.3, -0.25) is 4.90 Å². The van der Waals surface area contributed by atoms with E-state index >= 15 is 0 Å². The summed E-state index contributed by atoms with van der Waals surface area (Å²) in [5.41, 5.74) is 1.81. The fourth-order valence-corrected chi connectivity index (χ4v) is 3.13. The summed E-state index contributed by atoms with van der Waals surface area (Å²) in [5.74, 6) is -0.294. The number of urea groups is 1. The van der Waals surface area contributed by atoms with Gasteiger partial charge in [0, 0.05) is 37.8 Å². The van der Waals surface area contributed by atoms with Crippen molar-refractivity contribution in [2.45, 2.75) is 32.0 Å². The molecule has 2 amide bonds. The smallest absolute Gasteiger partial charge is 0.315 e. The molecule has 0 radical (unpaired) electrons. The number of hydrogen-bond donors (Lipinski definition) is 2. The molecule has 1 aliphatic rings. The van der Waals surface area contributed by atoms with Crippen LogP contribution >= 0.6 is 0 Å². The van der Waals surface area contributed by atoms with E-state index in [4.69, 9.17) is 0 Å². The first kappa shape index (κ1) is 17.4. The van der Waals surface area contributed by atoms with E-state index in [9.17, 15) is 9.18 Å². The number of hydrogen-bond acceptors (Lipinski definition) is 2. The van der Waals surface area contributed by atoms with E-state index in [1.54, 1.807) is 18.2 Å². The van der Waals surface area contributed by atoms with E-state index in [0.29, 0.717) is 5.56 Å². The van der Waals surface area contributed by atoms with Crippen molar-refractivity contribution in [1.29, 1.82) is 0 Å². The molecule has 0 bridgehead atoms. The largest absolute Gasteiger partial charge is 0.335 e. The lowest BCUT2D eigenvalue weighted by Crippen LogP contribution is -2.47. The Labute approximate surface area is 148 Å². The van der Waals surface area contributed by atoms with Gasteiger partial charge in [0.2, 0.25) is 0 Å². The van der Waals surface area contributed by atoms with E-state index < -0.39 is 0 Å². The van der Waals surface area contributed by atoms with Gasteiger partial charge in [-0.15, -0.1) is 0 Å². The highest BCUT2D eigenvalue weighted by Crippen LogP contribution is 2.14. The maximum atomic E-state index is 13.5. The third-order valence-corrected chi connectivity index (χ3v) is 4.57. The molecular weight excluding hydrogens is 317 g/mol. The number of carbonyl (C=O) groups is 1. The molecule has 0 aliphatic carbocycles. The van der Waals surface area contributed by atoms with Crippen LogP contribution in [0.1, 0.15) is 24.0 Å². The van der Waals surface area contributed by atoms with Gasteiger partial charge in [0.25, 0.3) is 0 Å². The minimum atomic E-state index is -0.294. The lowest BCUT2D eigenvalue weighted by atomic mass is 10.0. The molecule has 1 heterocycles. The van der Waals surface area contributed by atoms with Crippen molar-refractivity contribution in [3.05, 3.63) is 71.5 Å². The van der Waals surface area contributed by atoms with Crippen molar-refractivity contribution < 1.29 is 9.18 Å². The van der Waals surface area contributed by atoms with E-state index in [1.807, 2.05) is 6.07 Å². The van der Waals surface area contributed by atoms with Crippen LogP contribution in [0.2, 0.25) is 0 Å². The normalized spacial score (nSPS) is 15.7. The first-order valence-electron chi connectivity index (χ1n) is 8.75. The summed E-state index contributed by atoms with van der Waals surface area (Å²) in [6.07, 6.45) is 1.86. The summed E-state index contributed by atoms with van der Waals surface area (Å²) in [5, 5.41) is 5.73. The second-order valence-corrected chi connectivity index (χ2v) is 6.45. The maximum absolute atomic E-state index is 13.5. The molecular formula is C20H24FN3O. The number of nitrogens with one attached hydrogen (secondary N) is 2. The topological polar surface area (TPSA) is 44.4 Å². The molecule has 3 rings (SSSR count). The molecule has 1 saturated heterocycles. The van der Waals surface area contributed by atoms with Crippen LogP contribution in [0.15, 0.2) is 54.6 Å². The standard InChI is InChI=1S/C20H24FN3O/c21-19-9-5-4-8-17(19)14-22-20(25)23-18-10-12-24(13-11-18)15-16-6-2-1-3-7-16/h1-9,18H,10-15H2,(H2,22,23,25). The molecule has 25 heavy (non-hydrogen) atoms. The van der Waals surface area contributed by atoms with Crippen LogP contribution in [-0.2, 0) is 13.1 Å². The molecule has 0 atom stereocenters. The predicted octanol–water partition coefficient (Wildman–Crippen LogP) is 3.29. The molecule has 132 valence electrons. The van der Waals surface area contributed by atoms with Crippen molar-refractivity contribution in [2.75, 3.05) is 13.1 Å². The van der Waals surface area contributed by atoms with Crippen molar-refractivity contribution in [1.82, 2.24) is 15.5 Å².